The molecule has 146 valence electrons. The van der Waals surface area contributed by atoms with Crippen molar-refractivity contribution in [2.45, 2.75) is 25.7 Å². The third-order valence-electron chi connectivity index (χ3n) is 4.05. The first-order chi connectivity index (χ1) is 13.2. The van der Waals surface area contributed by atoms with Gasteiger partial charge in [-0.25, -0.2) is 13.2 Å². The zero-order valence-electron chi connectivity index (χ0n) is 15.5. The fourth-order valence-corrected chi connectivity index (χ4v) is 5.67. The van der Waals surface area contributed by atoms with Crippen LogP contribution in [-0.4, -0.2) is 19.7 Å². The molecule has 1 aromatic heterocycles. The average Bonchev–Trinajstić information content (AvgIpc) is 2.95. The highest BCUT2D eigenvalue weighted by Gasteiger charge is 2.24. The zero-order valence-corrected chi connectivity index (χ0v) is 17.1. The van der Waals surface area contributed by atoms with Crippen LogP contribution in [0.2, 0.25) is 0 Å². The molecule has 0 saturated heterocycles. The van der Waals surface area contributed by atoms with Crippen molar-refractivity contribution in [1.29, 1.82) is 0 Å². The summed E-state index contributed by atoms with van der Waals surface area (Å²) in [5.74, 6) is 0. The number of rotatable bonds is 5. The molecule has 2 aromatic carbocycles. The van der Waals surface area contributed by atoms with Crippen molar-refractivity contribution in [1.82, 2.24) is 0 Å². The Bertz CT molecular complexity index is 1110. The van der Waals surface area contributed by atoms with Gasteiger partial charge < -0.3 is 9.84 Å². The van der Waals surface area contributed by atoms with Crippen LogP contribution >= 0.6 is 11.3 Å². The van der Waals surface area contributed by atoms with Crippen LogP contribution in [0.1, 0.15) is 16.7 Å². The minimum Gasteiger partial charge on any atom is -0.449 e. The number of hydrogen-bond donors (Lipinski definition) is 2. The van der Waals surface area contributed by atoms with Crippen molar-refractivity contribution in [3.05, 3.63) is 65.2 Å². The van der Waals surface area contributed by atoms with Crippen LogP contribution in [0.3, 0.4) is 0 Å². The van der Waals surface area contributed by atoms with E-state index in [4.69, 9.17) is 9.84 Å². The Kier molecular flexibility index (Phi) is 5.44. The first kappa shape index (κ1) is 19.9. The molecule has 0 unspecified atom stereocenters. The Morgan fingerprint density at radius 2 is 1.64 bits per heavy atom. The number of carbonyl (C=O) groups is 1. The Morgan fingerprint density at radius 1 is 1.04 bits per heavy atom. The quantitative estimate of drug-likeness (QED) is 0.557. The molecule has 0 spiro atoms. The van der Waals surface area contributed by atoms with Crippen molar-refractivity contribution in [3.63, 3.8) is 0 Å². The maximum atomic E-state index is 13.0. The topological polar surface area (TPSA) is 92.7 Å². The normalized spacial score (nSPS) is 11.2. The molecule has 0 radical (unpaired) electrons. The molecule has 28 heavy (non-hydrogen) atoms. The van der Waals surface area contributed by atoms with E-state index in [9.17, 15) is 13.2 Å². The van der Waals surface area contributed by atoms with Gasteiger partial charge in [0.2, 0.25) is 5.06 Å². The standard InChI is InChI=1S/C20H19NO5S2/c1-12-9-13(2)18(14(3)10-12)28(24,25)21-16-11-17(15-7-5-4-6-8-15)27-19(16)26-20(22)23/h4-11,21H,1-3H3,(H,22,23). The van der Waals surface area contributed by atoms with Crippen molar-refractivity contribution in [3.8, 4) is 15.5 Å². The van der Waals surface area contributed by atoms with E-state index < -0.39 is 16.2 Å². The van der Waals surface area contributed by atoms with Gasteiger partial charge in [-0.3, -0.25) is 4.72 Å². The molecule has 1 heterocycles. The van der Waals surface area contributed by atoms with Crippen molar-refractivity contribution in [2.75, 3.05) is 4.72 Å². The van der Waals surface area contributed by atoms with E-state index in [1.807, 2.05) is 37.3 Å². The summed E-state index contributed by atoms with van der Waals surface area (Å²) in [5.41, 5.74) is 3.11. The highest BCUT2D eigenvalue weighted by Crippen LogP contribution is 2.42. The Hall–Kier alpha value is -2.84. The molecule has 6 nitrogen and oxygen atoms in total. The third kappa shape index (κ3) is 4.18. The second-order valence-corrected chi connectivity index (χ2v) is 9.01. The molecule has 0 atom stereocenters. The van der Waals surface area contributed by atoms with Gasteiger partial charge in [0.15, 0.2) is 0 Å². The largest absolute Gasteiger partial charge is 0.512 e. The van der Waals surface area contributed by atoms with Gasteiger partial charge >= 0.3 is 6.16 Å². The lowest BCUT2D eigenvalue weighted by atomic mass is 10.1. The zero-order chi connectivity index (χ0) is 20.5. The SMILES string of the molecule is Cc1cc(C)c(S(=O)(=O)Nc2cc(-c3ccccc3)sc2OC(=O)O)c(C)c1. The van der Waals surface area contributed by atoms with Crippen LogP contribution in [0.25, 0.3) is 10.4 Å². The van der Waals surface area contributed by atoms with Crippen molar-refractivity contribution >= 4 is 33.2 Å². The van der Waals surface area contributed by atoms with E-state index in [0.29, 0.717) is 16.0 Å². The molecule has 3 rings (SSSR count). The molecule has 0 aliphatic rings. The van der Waals surface area contributed by atoms with Gasteiger partial charge in [0.05, 0.1) is 4.90 Å². The molecule has 3 aromatic rings. The number of ether oxygens (including phenoxy) is 1. The highest BCUT2D eigenvalue weighted by molar-refractivity contribution is 7.92. The monoisotopic (exact) mass is 417 g/mol. The molecule has 0 amide bonds. The summed E-state index contributed by atoms with van der Waals surface area (Å²) >= 11 is 1.06. The van der Waals surface area contributed by atoms with E-state index in [2.05, 4.69) is 4.72 Å². The molecule has 0 bridgehead atoms. The average molecular weight is 418 g/mol. The van der Waals surface area contributed by atoms with Crippen molar-refractivity contribution in [2.24, 2.45) is 0 Å². The van der Waals surface area contributed by atoms with Gasteiger partial charge in [0.25, 0.3) is 10.0 Å². The second-order valence-electron chi connectivity index (χ2n) is 6.38. The van der Waals surface area contributed by atoms with Gasteiger partial charge in [-0.05, 0) is 43.5 Å². The predicted molar refractivity (Wildman–Crippen MR) is 110 cm³/mol. The van der Waals surface area contributed by atoms with E-state index >= 15 is 0 Å². The first-order valence-corrected chi connectivity index (χ1v) is 10.7. The minimum atomic E-state index is -3.93. The van der Waals surface area contributed by atoms with E-state index in [1.54, 1.807) is 32.0 Å². The number of hydrogen-bond acceptors (Lipinski definition) is 5. The van der Waals surface area contributed by atoms with Gasteiger partial charge in [0.1, 0.15) is 5.69 Å². The fourth-order valence-electron chi connectivity index (χ4n) is 3.13. The van der Waals surface area contributed by atoms with Gasteiger partial charge in [-0.15, -0.1) is 0 Å². The van der Waals surface area contributed by atoms with Gasteiger partial charge in [0, 0.05) is 4.88 Å². The number of benzene rings is 2. The highest BCUT2D eigenvalue weighted by atomic mass is 32.2. The fraction of sp³-hybridized carbons (Fsp3) is 0.150. The number of nitrogens with one attached hydrogen (secondary N) is 1. The van der Waals surface area contributed by atoms with E-state index in [0.717, 1.165) is 22.5 Å². The Morgan fingerprint density at radius 3 is 2.21 bits per heavy atom. The molecule has 8 heteroatoms. The van der Waals surface area contributed by atoms with Gasteiger partial charge in [-0.2, -0.15) is 0 Å². The van der Waals surface area contributed by atoms with Crippen molar-refractivity contribution < 1.29 is 23.1 Å². The summed E-state index contributed by atoms with van der Waals surface area (Å²) in [6.45, 7) is 5.35. The van der Waals surface area contributed by atoms with E-state index in [-0.39, 0.29) is 15.6 Å². The summed E-state index contributed by atoms with van der Waals surface area (Å²) < 4.78 is 33.4. The Labute approximate surface area is 167 Å². The maximum absolute atomic E-state index is 13.0. The summed E-state index contributed by atoms with van der Waals surface area (Å²) in [7, 11) is -3.93. The number of sulfonamides is 1. The lowest BCUT2D eigenvalue weighted by molar-refractivity contribution is 0.146. The first-order valence-electron chi connectivity index (χ1n) is 8.38. The smallest absolute Gasteiger partial charge is 0.449 e. The lowest BCUT2D eigenvalue weighted by Crippen LogP contribution is -2.16. The molecular weight excluding hydrogens is 398 g/mol. The number of carboxylic acid groups (broad SMARTS) is 1. The number of thiophene rings is 1. The third-order valence-corrected chi connectivity index (χ3v) is 6.79. The molecule has 2 N–H and O–H groups in total. The van der Waals surface area contributed by atoms with Gasteiger partial charge in [-0.1, -0.05) is 59.4 Å². The summed E-state index contributed by atoms with van der Waals surface area (Å²) in [4.78, 5) is 11.9. The van der Waals surface area contributed by atoms with Crippen LogP contribution in [0.5, 0.6) is 5.06 Å². The number of anilines is 1. The maximum Gasteiger partial charge on any atom is 0.512 e. The number of aryl methyl sites for hydroxylation is 3. The second kappa shape index (κ2) is 7.65. The van der Waals surface area contributed by atoms with Crippen LogP contribution in [0, 0.1) is 20.8 Å². The molecule has 0 saturated carbocycles. The van der Waals surface area contributed by atoms with E-state index in [1.165, 1.54) is 0 Å². The summed E-state index contributed by atoms with van der Waals surface area (Å²) in [6.07, 6.45) is -1.51. The van der Waals surface area contributed by atoms with Crippen LogP contribution in [0.4, 0.5) is 10.5 Å². The molecular formula is C20H19NO5S2. The minimum absolute atomic E-state index is 0.0302. The summed E-state index contributed by atoms with van der Waals surface area (Å²) in [5, 5.41) is 8.98. The van der Waals surface area contributed by atoms with Crippen LogP contribution in [-0.2, 0) is 10.0 Å². The molecule has 0 fully saturated rings. The lowest BCUT2D eigenvalue weighted by Gasteiger charge is -2.13. The molecule has 0 aliphatic heterocycles. The van der Waals surface area contributed by atoms with Crippen LogP contribution in [0.15, 0.2) is 53.4 Å². The predicted octanol–water partition coefficient (Wildman–Crippen LogP) is 5.20. The van der Waals surface area contributed by atoms with Crippen LogP contribution < -0.4 is 9.46 Å². The Balaban J connectivity index is 2.06. The molecule has 0 aliphatic carbocycles. The summed E-state index contributed by atoms with van der Waals surface area (Å²) in [6, 6.07) is 14.4.